The number of amides is 8. The molecule has 63 heavy (non-hydrogen) atoms. The molecule has 2 aromatic rings. The predicted molar refractivity (Wildman–Crippen MR) is 217 cm³/mol. The molecule has 0 fully saturated rings. The van der Waals surface area contributed by atoms with Gasteiger partial charge in [-0.1, -0.05) is 6.42 Å². The third-order valence-electron chi connectivity index (χ3n) is 9.81. The number of pyridine rings is 2. The summed E-state index contributed by atoms with van der Waals surface area (Å²) in [5, 5.41) is 51.6. The number of fused-ring (bicyclic) bond motifs is 2. The Hall–Kier alpha value is -6.86. The normalized spacial score (nSPS) is 16.6. The number of hydrogen-bond donors (Lipinski definition) is 9. The SMILES string of the molecule is CC(=O)N(O)CC(=O)N1CCCCN(C(=O)CN(O)C(C)=O)CCCNC(=O)c2ccc(n(O)c2=O)C(=O)N[C@@H](CCCCN)CNC(=O)c2ccc(c(=O)n2O)C(=O)NCCC1. The summed E-state index contributed by atoms with van der Waals surface area (Å²) < 4.78 is -0.0454. The van der Waals surface area contributed by atoms with Gasteiger partial charge in [-0.25, -0.2) is 10.1 Å². The van der Waals surface area contributed by atoms with Crippen LogP contribution in [0.25, 0.3) is 0 Å². The highest BCUT2D eigenvalue weighted by Crippen LogP contribution is 2.08. The van der Waals surface area contributed by atoms with Crippen LogP contribution in [0.3, 0.4) is 0 Å². The van der Waals surface area contributed by atoms with E-state index < -0.39 is 100 Å². The van der Waals surface area contributed by atoms with Gasteiger partial charge in [0.25, 0.3) is 34.7 Å². The number of carbonyl (C=O) groups is 8. The van der Waals surface area contributed by atoms with E-state index >= 15 is 0 Å². The van der Waals surface area contributed by atoms with Crippen LogP contribution in [0.5, 0.6) is 0 Å². The highest BCUT2D eigenvalue weighted by molar-refractivity contribution is 5.97. The van der Waals surface area contributed by atoms with Crippen LogP contribution in [0.4, 0.5) is 0 Å². The van der Waals surface area contributed by atoms with E-state index in [1.807, 2.05) is 0 Å². The molecule has 0 aliphatic carbocycles. The second kappa shape index (κ2) is 24.5. The Labute approximate surface area is 360 Å². The zero-order valence-corrected chi connectivity index (χ0v) is 35.0. The molecule has 5 rings (SSSR count). The number of nitrogens with two attached hydrogens (primary N) is 1. The molecular weight excluding hydrogens is 834 g/mol. The lowest BCUT2D eigenvalue weighted by atomic mass is 10.1. The molecule has 0 saturated carbocycles. The first kappa shape index (κ1) is 50.5. The first-order valence-corrected chi connectivity index (χ1v) is 20.1. The number of nitrogens with one attached hydrogen (secondary N) is 4. The van der Waals surface area contributed by atoms with Gasteiger partial charge in [-0.2, -0.15) is 0 Å². The van der Waals surface area contributed by atoms with Crippen LogP contribution < -0.4 is 38.1 Å². The van der Waals surface area contributed by atoms with E-state index in [1.54, 1.807) is 0 Å². The van der Waals surface area contributed by atoms with Gasteiger partial charge in [0.15, 0.2) is 0 Å². The van der Waals surface area contributed by atoms with Gasteiger partial charge >= 0.3 is 0 Å². The summed E-state index contributed by atoms with van der Waals surface area (Å²) in [6, 6.07) is 3.24. The lowest BCUT2D eigenvalue weighted by Crippen LogP contribution is -2.46. The van der Waals surface area contributed by atoms with E-state index in [4.69, 9.17) is 5.73 Å². The Morgan fingerprint density at radius 3 is 1.49 bits per heavy atom. The van der Waals surface area contributed by atoms with Crippen LogP contribution in [0.15, 0.2) is 33.9 Å². The zero-order chi connectivity index (χ0) is 46.8. The summed E-state index contributed by atoms with van der Waals surface area (Å²) in [6.45, 7) is 0.651. The molecule has 4 bridgehead atoms. The van der Waals surface area contributed by atoms with E-state index in [0.717, 1.165) is 38.1 Å². The van der Waals surface area contributed by atoms with Crippen LogP contribution in [-0.2, 0) is 19.2 Å². The van der Waals surface area contributed by atoms with Gasteiger partial charge in [-0.3, -0.25) is 58.4 Å². The number of aromatic nitrogens is 2. The smallest absolute Gasteiger partial charge is 0.296 e. The van der Waals surface area contributed by atoms with Gasteiger partial charge in [0.05, 0.1) is 0 Å². The Kier molecular flexibility index (Phi) is 19.7. The number of hydrogen-bond acceptors (Lipinski definition) is 15. The number of carbonyl (C=O) groups excluding carboxylic acids is 8. The lowest BCUT2D eigenvalue weighted by molar-refractivity contribution is -0.169. The summed E-state index contributed by atoms with van der Waals surface area (Å²) in [5.74, 6) is -6.66. The van der Waals surface area contributed by atoms with Crippen molar-refractivity contribution >= 4 is 47.3 Å². The van der Waals surface area contributed by atoms with Crippen molar-refractivity contribution in [1.29, 1.82) is 0 Å². The van der Waals surface area contributed by atoms with Gasteiger partial charge in [0.2, 0.25) is 23.6 Å². The fraction of sp³-hybridized carbons (Fsp3) is 0.526. The van der Waals surface area contributed by atoms with Crippen LogP contribution in [-0.4, -0.2) is 169 Å². The highest BCUT2D eigenvalue weighted by atomic mass is 16.5. The minimum Gasteiger partial charge on any atom is -0.425 e. The topological polar surface area (TPSA) is 349 Å². The molecule has 3 aliphatic heterocycles. The average Bonchev–Trinajstić information content (AvgIpc) is 3.23. The Bertz CT molecular complexity index is 2120. The Morgan fingerprint density at radius 2 is 1.06 bits per heavy atom. The largest absolute Gasteiger partial charge is 0.425 e. The number of unbranched alkanes of at least 4 members (excludes halogenated alkanes) is 1. The molecule has 0 saturated heterocycles. The van der Waals surface area contributed by atoms with Crippen molar-refractivity contribution in [3.05, 3.63) is 67.5 Å². The number of hydroxylamine groups is 4. The van der Waals surface area contributed by atoms with Gasteiger partial charge < -0.3 is 47.2 Å². The van der Waals surface area contributed by atoms with Gasteiger partial charge in [-0.15, -0.1) is 9.46 Å². The van der Waals surface area contributed by atoms with Crippen LogP contribution >= 0.6 is 0 Å². The molecule has 25 heteroatoms. The minimum atomic E-state index is -1.24. The summed E-state index contributed by atoms with van der Waals surface area (Å²) in [6.07, 6.45) is 1.98. The van der Waals surface area contributed by atoms with Crippen LogP contribution in [0.2, 0.25) is 0 Å². The maximum Gasteiger partial charge on any atom is 0.296 e. The predicted octanol–water partition coefficient (Wildman–Crippen LogP) is -2.69. The first-order valence-electron chi connectivity index (χ1n) is 20.1. The quantitative estimate of drug-likeness (QED) is 0.0564. The van der Waals surface area contributed by atoms with Gasteiger partial charge in [-0.05, 0) is 69.3 Å². The molecule has 0 spiro atoms. The van der Waals surface area contributed by atoms with Crippen molar-refractivity contribution in [3.8, 4) is 0 Å². The molecule has 3 aliphatic rings. The molecule has 1 atom stereocenters. The Balaban J connectivity index is 1.93. The second-order valence-corrected chi connectivity index (χ2v) is 14.5. The van der Waals surface area contributed by atoms with Crippen molar-refractivity contribution in [1.82, 2.24) is 50.7 Å². The summed E-state index contributed by atoms with van der Waals surface area (Å²) in [4.78, 5) is 130. The van der Waals surface area contributed by atoms with Crippen molar-refractivity contribution in [2.24, 2.45) is 5.73 Å². The van der Waals surface area contributed by atoms with Gasteiger partial charge in [0.1, 0.15) is 35.6 Å². The summed E-state index contributed by atoms with van der Waals surface area (Å²) in [5.41, 5.74) is 0.953. The van der Waals surface area contributed by atoms with E-state index in [0.29, 0.717) is 19.4 Å². The maximum absolute atomic E-state index is 13.3. The highest BCUT2D eigenvalue weighted by Gasteiger charge is 2.25. The van der Waals surface area contributed by atoms with E-state index in [2.05, 4.69) is 21.3 Å². The van der Waals surface area contributed by atoms with Gasteiger partial charge in [0, 0.05) is 65.7 Å². The van der Waals surface area contributed by atoms with Crippen molar-refractivity contribution in [2.75, 3.05) is 65.4 Å². The first-order chi connectivity index (χ1) is 29.9. The molecule has 8 amide bonds. The standard InChI is InChI=1S/C38H55N11O14/c1-24(50)46(60)22-31(52)44-17-5-6-18-45(32(53)23-47(61)25(2)51)20-8-16-41-34(55)28-11-13-30(49(63)38(28)59)36(57)43-26(9-3-4-14-39)21-42-35(56)29-12-10-27(37(58)48(29)62)33(54)40-15-7-19-44/h10-13,26,60-63H,3-9,14-23,39H2,1-2H3,(H,40,54)(H,41,55)(H,42,56)(H,43,57)/t26-/m0/s1. The number of rotatable bonds is 8. The van der Waals surface area contributed by atoms with Crippen molar-refractivity contribution in [3.63, 3.8) is 0 Å². The minimum absolute atomic E-state index is 0.00756. The molecule has 2 aromatic heterocycles. The molecule has 0 aromatic carbocycles. The molecular formula is C38H55N11O14. The zero-order valence-electron chi connectivity index (χ0n) is 35.0. The molecule has 25 nitrogen and oxygen atoms in total. The molecule has 346 valence electrons. The fourth-order valence-corrected chi connectivity index (χ4v) is 6.21. The lowest BCUT2D eigenvalue weighted by Gasteiger charge is -2.27. The monoisotopic (exact) mass is 889 g/mol. The average molecular weight is 890 g/mol. The fourth-order valence-electron chi connectivity index (χ4n) is 6.21. The third kappa shape index (κ3) is 14.9. The summed E-state index contributed by atoms with van der Waals surface area (Å²) in [7, 11) is 0. The number of nitrogens with zero attached hydrogens (tertiary/aromatic N) is 6. The molecule has 0 unspecified atom stereocenters. The molecule has 10 N–H and O–H groups in total. The van der Waals surface area contributed by atoms with E-state index in [9.17, 15) is 68.8 Å². The maximum atomic E-state index is 13.3. The van der Waals surface area contributed by atoms with Crippen LogP contribution in [0, 0.1) is 0 Å². The molecule has 5 heterocycles. The Morgan fingerprint density at radius 1 is 0.635 bits per heavy atom. The van der Waals surface area contributed by atoms with Crippen molar-refractivity contribution < 1.29 is 59.2 Å². The second-order valence-electron chi connectivity index (χ2n) is 14.5. The molecule has 0 radical (unpaired) electrons. The van der Waals surface area contributed by atoms with E-state index in [1.165, 1.54) is 9.80 Å². The van der Waals surface area contributed by atoms with E-state index in [-0.39, 0.29) is 97.5 Å². The van der Waals surface area contributed by atoms with Crippen molar-refractivity contribution in [2.45, 2.75) is 64.8 Å². The third-order valence-corrected chi connectivity index (χ3v) is 9.81. The summed E-state index contributed by atoms with van der Waals surface area (Å²) >= 11 is 0. The van der Waals surface area contributed by atoms with Crippen LogP contribution in [0.1, 0.15) is 100 Å².